The number of carbonyl (C=O) groups excluding carboxylic acids is 2. The average Bonchev–Trinajstić information content (AvgIpc) is 3.09. The molecule has 0 aliphatic carbocycles. The number of hydrogen-bond donors (Lipinski definition) is 1. The van der Waals surface area contributed by atoms with Crippen molar-refractivity contribution in [3.05, 3.63) is 47.5 Å². The van der Waals surface area contributed by atoms with E-state index in [0.717, 1.165) is 49.8 Å². The zero-order chi connectivity index (χ0) is 22.5. The largest absolute Gasteiger partial charge is 0.466 e. The van der Waals surface area contributed by atoms with Gasteiger partial charge in [0.25, 0.3) is 0 Å². The standard InChI is InChI=1S/C25H37NO5/c1-3-31-25(29)11-6-4-5-7-16-26-22(13-15-24(26)28)12-14-23(27)18-20-9-8-10-21(17-20)19-30-2/h8-10,12,14,17,22-23,27H,3-7,11,13,15-16,18-19H2,1-2H3/b14-12+/t22-,23+/m0/s1. The summed E-state index contributed by atoms with van der Waals surface area (Å²) < 4.78 is 10.1. The highest BCUT2D eigenvalue weighted by Gasteiger charge is 2.28. The van der Waals surface area contributed by atoms with Gasteiger partial charge in [-0.1, -0.05) is 49.3 Å². The lowest BCUT2D eigenvalue weighted by molar-refractivity contribution is -0.143. The predicted octanol–water partition coefficient (Wildman–Crippen LogP) is 3.80. The van der Waals surface area contributed by atoms with E-state index < -0.39 is 6.10 Å². The normalized spacial score (nSPS) is 17.5. The number of rotatable bonds is 14. The van der Waals surface area contributed by atoms with E-state index in [2.05, 4.69) is 0 Å². The molecule has 1 fully saturated rings. The van der Waals surface area contributed by atoms with E-state index in [-0.39, 0.29) is 17.9 Å². The van der Waals surface area contributed by atoms with Crippen LogP contribution in [0.5, 0.6) is 0 Å². The summed E-state index contributed by atoms with van der Waals surface area (Å²) in [6, 6.07) is 8.09. The van der Waals surface area contributed by atoms with Crippen molar-refractivity contribution in [1.82, 2.24) is 4.90 Å². The molecule has 31 heavy (non-hydrogen) atoms. The zero-order valence-corrected chi connectivity index (χ0v) is 18.9. The van der Waals surface area contributed by atoms with Gasteiger partial charge in [-0.25, -0.2) is 0 Å². The third-order valence-corrected chi connectivity index (χ3v) is 5.51. The summed E-state index contributed by atoms with van der Waals surface area (Å²) in [6.45, 7) is 3.53. The minimum atomic E-state index is -0.585. The van der Waals surface area contributed by atoms with Crippen LogP contribution >= 0.6 is 0 Å². The molecular weight excluding hydrogens is 394 g/mol. The minimum absolute atomic E-state index is 0.0570. The fourth-order valence-corrected chi connectivity index (χ4v) is 3.96. The summed E-state index contributed by atoms with van der Waals surface area (Å²) >= 11 is 0. The lowest BCUT2D eigenvalue weighted by Gasteiger charge is -2.22. The quantitative estimate of drug-likeness (QED) is 0.275. The number of nitrogens with zero attached hydrogens (tertiary/aromatic N) is 1. The summed E-state index contributed by atoms with van der Waals surface area (Å²) in [4.78, 5) is 25.5. The number of ether oxygens (including phenoxy) is 2. The van der Waals surface area contributed by atoms with Gasteiger partial charge in [0.1, 0.15) is 0 Å². The molecule has 1 N–H and O–H groups in total. The van der Waals surface area contributed by atoms with E-state index in [1.807, 2.05) is 48.2 Å². The van der Waals surface area contributed by atoms with Crippen LogP contribution in [0.2, 0.25) is 0 Å². The van der Waals surface area contributed by atoms with E-state index in [1.54, 1.807) is 7.11 Å². The number of aliphatic hydroxyl groups is 1. The van der Waals surface area contributed by atoms with Gasteiger partial charge >= 0.3 is 5.97 Å². The number of unbranched alkanes of at least 4 members (excludes halogenated alkanes) is 3. The average molecular weight is 432 g/mol. The fraction of sp³-hybridized carbons (Fsp3) is 0.600. The first kappa shape index (κ1) is 25.1. The van der Waals surface area contributed by atoms with Crippen molar-refractivity contribution in [3.8, 4) is 0 Å². The summed E-state index contributed by atoms with van der Waals surface area (Å²) in [5, 5.41) is 10.4. The summed E-state index contributed by atoms with van der Waals surface area (Å²) in [6.07, 6.45) is 9.28. The smallest absolute Gasteiger partial charge is 0.305 e. The molecule has 0 unspecified atom stereocenters. The Morgan fingerprint density at radius 2 is 2.03 bits per heavy atom. The summed E-state index contributed by atoms with van der Waals surface area (Å²) in [5.74, 6) is 0.0503. The van der Waals surface area contributed by atoms with Crippen LogP contribution in [0.4, 0.5) is 0 Å². The first-order chi connectivity index (χ1) is 15.0. The van der Waals surface area contributed by atoms with Crippen LogP contribution in [-0.2, 0) is 32.1 Å². The second-order valence-corrected chi connectivity index (χ2v) is 8.07. The molecule has 1 aromatic rings. The number of carbonyl (C=O) groups is 2. The highest BCUT2D eigenvalue weighted by molar-refractivity contribution is 5.79. The van der Waals surface area contributed by atoms with Crippen molar-refractivity contribution in [2.45, 2.75) is 77.0 Å². The van der Waals surface area contributed by atoms with Gasteiger partial charge in [-0.05, 0) is 37.3 Å². The van der Waals surface area contributed by atoms with Gasteiger partial charge in [-0.3, -0.25) is 9.59 Å². The third-order valence-electron chi connectivity index (χ3n) is 5.51. The molecule has 0 bridgehead atoms. The van der Waals surface area contributed by atoms with E-state index in [1.165, 1.54) is 0 Å². The molecule has 0 aromatic heterocycles. The lowest BCUT2D eigenvalue weighted by atomic mass is 10.0. The number of benzene rings is 1. The lowest BCUT2D eigenvalue weighted by Crippen LogP contribution is -2.32. The second kappa shape index (κ2) is 14.0. The van der Waals surface area contributed by atoms with Gasteiger partial charge in [0.15, 0.2) is 0 Å². The van der Waals surface area contributed by atoms with E-state index >= 15 is 0 Å². The van der Waals surface area contributed by atoms with Crippen molar-refractivity contribution in [2.24, 2.45) is 0 Å². The van der Waals surface area contributed by atoms with Crippen LogP contribution in [0.1, 0.15) is 63.0 Å². The molecule has 1 heterocycles. The monoisotopic (exact) mass is 431 g/mol. The first-order valence-electron chi connectivity index (χ1n) is 11.4. The Bertz CT molecular complexity index is 718. The molecule has 1 aliphatic heterocycles. The number of esters is 1. The SMILES string of the molecule is CCOC(=O)CCCCCCN1C(=O)CC[C@@H]1/C=C/[C@@H](O)Cc1cccc(COC)c1. The highest BCUT2D eigenvalue weighted by atomic mass is 16.5. The van der Waals surface area contributed by atoms with Crippen LogP contribution < -0.4 is 0 Å². The van der Waals surface area contributed by atoms with Crippen LogP contribution in [0.25, 0.3) is 0 Å². The van der Waals surface area contributed by atoms with E-state index in [0.29, 0.717) is 32.5 Å². The van der Waals surface area contributed by atoms with Gasteiger partial charge in [0.2, 0.25) is 5.91 Å². The summed E-state index contributed by atoms with van der Waals surface area (Å²) in [7, 11) is 1.67. The van der Waals surface area contributed by atoms with Gasteiger partial charge in [-0.15, -0.1) is 0 Å². The number of aliphatic hydroxyl groups excluding tert-OH is 1. The Labute approximate surface area is 186 Å². The van der Waals surface area contributed by atoms with E-state index in [4.69, 9.17) is 9.47 Å². The van der Waals surface area contributed by atoms with Crippen LogP contribution in [-0.4, -0.2) is 54.3 Å². The van der Waals surface area contributed by atoms with Gasteiger partial charge in [-0.2, -0.15) is 0 Å². The van der Waals surface area contributed by atoms with Crippen molar-refractivity contribution >= 4 is 11.9 Å². The van der Waals surface area contributed by atoms with Gasteiger partial charge < -0.3 is 19.5 Å². The molecule has 1 saturated heterocycles. The first-order valence-corrected chi connectivity index (χ1v) is 11.4. The van der Waals surface area contributed by atoms with Crippen LogP contribution in [0.15, 0.2) is 36.4 Å². The van der Waals surface area contributed by atoms with Gasteiger partial charge in [0, 0.05) is 32.9 Å². The second-order valence-electron chi connectivity index (χ2n) is 8.07. The molecule has 2 rings (SSSR count). The number of amides is 1. The Kier molecular flexibility index (Phi) is 11.3. The van der Waals surface area contributed by atoms with Gasteiger partial charge in [0.05, 0.1) is 25.4 Å². The number of likely N-dealkylation sites (tertiary alicyclic amines) is 1. The minimum Gasteiger partial charge on any atom is -0.466 e. The zero-order valence-electron chi connectivity index (χ0n) is 18.9. The van der Waals surface area contributed by atoms with Crippen molar-refractivity contribution < 1.29 is 24.2 Å². The topological polar surface area (TPSA) is 76.1 Å². The molecular formula is C25H37NO5. The maximum Gasteiger partial charge on any atom is 0.305 e. The highest BCUT2D eigenvalue weighted by Crippen LogP contribution is 2.21. The molecule has 0 saturated carbocycles. The predicted molar refractivity (Wildman–Crippen MR) is 120 cm³/mol. The van der Waals surface area contributed by atoms with Crippen molar-refractivity contribution in [3.63, 3.8) is 0 Å². The van der Waals surface area contributed by atoms with Crippen LogP contribution in [0, 0.1) is 0 Å². The number of hydrogen-bond acceptors (Lipinski definition) is 5. The Hall–Kier alpha value is -2.18. The number of methoxy groups -OCH3 is 1. The Morgan fingerprint density at radius 3 is 2.81 bits per heavy atom. The molecule has 0 spiro atoms. The summed E-state index contributed by atoms with van der Waals surface area (Å²) in [5.41, 5.74) is 2.15. The molecule has 6 nitrogen and oxygen atoms in total. The van der Waals surface area contributed by atoms with E-state index in [9.17, 15) is 14.7 Å². The molecule has 1 aromatic carbocycles. The fourth-order valence-electron chi connectivity index (χ4n) is 3.96. The molecule has 2 atom stereocenters. The third kappa shape index (κ3) is 9.23. The molecule has 6 heteroatoms. The van der Waals surface area contributed by atoms with Crippen molar-refractivity contribution in [1.29, 1.82) is 0 Å². The Morgan fingerprint density at radius 1 is 1.26 bits per heavy atom. The van der Waals surface area contributed by atoms with Crippen LogP contribution in [0.3, 0.4) is 0 Å². The van der Waals surface area contributed by atoms with Crippen molar-refractivity contribution in [2.75, 3.05) is 20.3 Å². The maximum absolute atomic E-state index is 12.3. The molecule has 172 valence electrons. The molecule has 0 radical (unpaired) electrons. The molecule has 1 aliphatic rings. The Balaban J connectivity index is 1.74. The maximum atomic E-state index is 12.3. The molecule has 1 amide bonds.